The molecule has 0 radical (unpaired) electrons. The van der Waals surface area contributed by atoms with Gasteiger partial charge in [0.25, 0.3) is 0 Å². The van der Waals surface area contributed by atoms with Gasteiger partial charge in [0, 0.05) is 18.5 Å². The van der Waals surface area contributed by atoms with E-state index in [9.17, 15) is 18.0 Å². The molecule has 1 heterocycles. The summed E-state index contributed by atoms with van der Waals surface area (Å²) in [7, 11) is 0. The summed E-state index contributed by atoms with van der Waals surface area (Å²) in [5.41, 5.74) is 0.436. The summed E-state index contributed by atoms with van der Waals surface area (Å²) < 4.78 is 38.0. The minimum absolute atomic E-state index is 0.0818. The molecule has 1 aromatic carbocycles. The van der Waals surface area contributed by atoms with Gasteiger partial charge in [-0.15, -0.1) is 0 Å². The highest BCUT2D eigenvalue weighted by Crippen LogP contribution is 2.36. The highest BCUT2D eigenvalue weighted by Gasteiger charge is 2.37. The maximum Gasteiger partial charge on any atom is 0.405 e. The van der Waals surface area contributed by atoms with E-state index in [0.717, 1.165) is 0 Å². The number of para-hydroxylation sites is 2. The molecule has 1 aliphatic heterocycles. The van der Waals surface area contributed by atoms with Crippen molar-refractivity contribution in [3.63, 3.8) is 0 Å². The van der Waals surface area contributed by atoms with Crippen LogP contribution in [0.1, 0.15) is 20.8 Å². The van der Waals surface area contributed by atoms with Crippen LogP contribution in [0.25, 0.3) is 0 Å². The fourth-order valence-corrected chi connectivity index (χ4v) is 2.42. The van der Waals surface area contributed by atoms with Crippen molar-refractivity contribution >= 4 is 17.3 Å². The number of carbonyl (C=O) groups is 1. The number of alkyl halides is 3. The first kappa shape index (κ1) is 15.7. The van der Waals surface area contributed by atoms with Gasteiger partial charge in [-0.1, -0.05) is 32.9 Å². The summed E-state index contributed by atoms with van der Waals surface area (Å²) in [6, 6.07) is 6.75. The number of benzene rings is 1. The third-order valence-corrected chi connectivity index (χ3v) is 3.36. The van der Waals surface area contributed by atoms with E-state index in [1.165, 1.54) is 4.90 Å². The second kappa shape index (κ2) is 5.24. The minimum atomic E-state index is -4.26. The lowest BCUT2D eigenvalue weighted by Crippen LogP contribution is -2.49. The summed E-state index contributed by atoms with van der Waals surface area (Å²) in [4.78, 5) is 15.3. The molecule has 0 aliphatic carbocycles. The number of anilines is 2. The van der Waals surface area contributed by atoms with Crippen LogP contribution in [0.15, 0.2) is 24.3 Å². The van der Waals surface area contributed by atoms with Gasteiger partial charge in [-0.25, -0.2) is 0 Å². The SMILES string of the molecule is CC(C)(C)C(=O)N1CCN(CC(F)(F)F)c2ccccc21. The van der Waals surface area contributed by atoms with E-state index in [1.807, 2.05) is 0 Å². The van der Waals surface area contributed by atoms with Gasteiger partial charge in [0.1, 0.15) is 6.54 Å². The van der Waals surface area contributed by atoms with E-state index in [1.54, 1.807) is 49.9 Å². The molecule has 0 spiro atoms. The third-order valence-electron chi connectivity index (χ3n) is 3.36. The Morgan fingerprint density at radius 3 is 2.19 bits per heavy atom. The van der Waals surface area contributed by atoms with Crippen LogP contribution in [-0.4, -0.2) is 31.7 Å². The molecule has 0 saturated heterocycles. The van der Waals surface area contributed by atoms with Crippen molar-refractivity contribution in [3.8, 4) is 0 Å². The van der Waals surface area contributed by atoms with Gasteiger partial charge in [0.05, 0.1) is 11.4 Å². The highest BCUT2D eigenvalue weighted by molar-refractivity contribution is 6.00. The normalized spacial score (nSPS) is 15.9. The number of amides is 1. The molecular weight excluding hydrogens is 281 g/mol. The summed E-state index contributed by atoms with van der Waals surface area (Å²) in [6.45, 7) is 4.86. The van der Waals surface area contributed by atoms with Crippen LogP contribution in [0, 0.1) is 5.41 Å². The van der Waals surface area contributed by atoms with E-state index >= 15 is 0 Å². The molecule has 3 nitrogen and oxygen atoms in total. The van der Waals surface area contributed by atoms with Gasteiger partial charge in [-0.3, -0.25) is 4.79 Å². The van der Waals surface area contributed by atoms with E-state index < -0.39 is 18.1 Å². The van der Waals surface area contributed by atoms with Crippen molar-refractivity contribution in [1.29, 1.82) is 0 Å². The van der Waals surface area contributed by atoms with Gasteiger partial charge in [0.15, 0.2) is 0 Å². The first-order chi connectivity index (χ1) is 9.59. The molecule has 0 bridgehead atoms. The zero-order chi connectivity index (χ0) is 15.8. The first-order valence-corrected chi connectivity index (χ1v) is 6.82. The van der Waals surface area contributed by atoms with Crippen molar-refractivity contribution in [1.82, 2.24) is 0 Å². The third kappa shape index (κ3) is 3.49. The van der Waals surface area contributed by atoms with Crippen LogP contribution in [0.2, 0.25) is 0 Å². The Morgan fingerprint density at radius 2 is 1.67 bits per heavy atom. The lowest BCUT2D eigenvalue weighted by molar-refractivity contribution is -0.125. The summed E-state index contributed by atoms with van der Waals surface area (Å²) in [5, 5.41) is 0. The Balaban J connectivity index is 2.35. The first-order valence-electron chi connectivity index (χ1n) is 6.82. The molecule has 0 atom stereocenters. The van der Waals surface area contributed by atoms with Crippen molar-refractivity contribution < 1.29 is 18.0 Å². The number of hydrogen-bond acceptors (Lipinski definition) is 2. The predicted molar refractivity (Wildman–Crippen MR) is 76.5 cm³/mol. The molecule has 2 rings (SSSR count). The van der Waals surface area contributed by atoms with Crippen LogP contribution in [0.4, 0.5) is 24.5 Å². The van der Waals surface area contributed by atoms with Crippen LogP contribution < -0.4 is 9.80 Å². The lowest BCUT2D eigenvalue weighted by atomic mass is 9.93. The number of nitrogens with zero attached hydrogens (tertiary/aromatic N) is 2. The zero-order valence-corrected chi connectivity index (χ0v) is 12.4. The maximum absolute atomic E-state index is 12.7. The predicted octanol–water partition coefficient (Wildman–Crippen LogP) is 3.45. The van der Waals surface area contributed by atoms with Crippen molar-refractivity contribution in [2.24, 2.45) is 5.41 Å². The Morgan fingerprint density at radius 1 is 1.10 bits per heavy atom. The van der Waals surface area contributed by atoms with Crippen LogP contribution >= 0.6 is 0 Å². The number of hydrogen-bond donors (Lipinski definition) is 0. The molecule has 0 unspecified atom stereocenters. The molecule has 0 N–H and O–H groups in total. The maximum atomic E-state index is 12.7. The van der Waals surface area contributed by atoms with Gasteiger partial charge >= 0.3 is 6.18 Å². The average molecular weight is 300 g/mol. The van der Waals surface area contributed by atoms with Gasteiger partial charge < -0.3 is 9.80 Å². The fourth-order valence-electron chi connectivity index (χ4n) is 2.42. The van der Waals surface area contributed by atoms with Gasteiger partial charge in [-0.05, 0) is 12.1 Å². The van der Waals surface area contributed by atoms with Crippen molar-refractivity contribution in [2.75, 3.05) is 29.4 Å². The topological polar surface area (TPSA) is 23.6 Å². The summed E-state index contributed by atoms with van der Waals surface area (Å²) >= 11 is 0. The molecule has 1 aliphatic rings. The summed E-state index contributed by atoms with van der Waals surface area (Å²) in [5.74, 6) is -0.0818. The molecule has 21 heavy (non-hydrogen) atoms. The Kier molecular flexibility index (Phi) is 3.91. The van der Waals surface area contributed by atoms with Gasteiger partial charge in [0.2, 0.25) is 5.91 Å². The quantitative estimate of drug-likeness (QED) is 0.793. The lowest BCUT2D eigenvalue weighted by Gasteiger charge is -2.40. The largest absolute Gasteiger partial charge is 0.405 e. The van der Waals surface area contributed by atoms with E-state index in [2.05, 4.69) is 0 Å². The number of halogens is 3. The fraction of sp³-hybridized carbons (Fsp3) is 0.533. The number of rotatable bonds is 1. The van der Waals surface area contributed by atoms with Crippen LogP contribution in [-0.2, 0) is 4.79 Å². The smallest absolute Gasteiger partial charge is 0.359 e. The highest BCUT2D eigenvalue weighted by atomic mass is 19.4. The monoisotopic (exact) mass is 300 g/mol. The van der Waals surface area contributed by atoms with E-state index in [4.69, 9.17) is 0 Å². The second-order valence-corrected chi connectivity index (χ2v) is 6.23. The van der Waals surface area contributed by atoms with Crippen molar-refractivity contribution in [2.45, 2.75) is 26.9 Å². The van der Waals surface area contributed by atoms with Crippen molar-refractivity contribution in [3.05, 3.63) is 24.3 Å². The van der Waals surface area contributed by atoms with E-state index in [-0.39, 0.29) is 19.0 Å². The standard InChI is InChI=1S/C15H19F3N2O/c1-14(2,3)13(21)20-9-8-19(10-15(16,17)18)11-6-4-5-7-12(11)20/h4-7H,8-10H2,1-3H3. The molecule has 0 aromatic heterocycles. The molecule has 6 heteroatoms. The molecule has 1 aromatic rings. The Bertz CT molecular complexity index is 534. The molecule has 116 valence electrons. The van der Waals surface area contributed by atoms with Crippen LogP contribution in [0.3, 0.4) is 0 Å². The molecule has 0 saturated carbocycles. The number of carbonyl (C=O) groups excluding carboxylic acids is 1. The molecule has 1 amide bonds. The zero-order valence-electron chi connectivity index (χ0n) is 12.4. The average Bonchev–Trinajstić information content (AvgIpc) is 2.35. The second-order valence-electron chi connectivity index (χ2n) is 6.23. The Labute approximate surface area is 122 Å². The number of fused-ring (bicyclic) bond motifs is 1. The van der Waals surface area contributed by atoms with Crippen LogP contribution in [0.5, 0.6) is 0 Å². The summed E-state index contributed by atoms with van der Waals surface area (Å²) in [6.07, 6.45) is -4.26. The molecular formula is C15H19F3N2O. The van der Waals surface area contributed by atoms with E-state index in [0.29, 0.717) is 11.4 Å². The Hall–Kier alpha value is -1.72. The molecule has 0 fully saturated rings. The minimum Gasteiger partial charge on any atom is -0.359 e. The van der Waals surface area contributed by atoms with Gasteiger partial charge in [-0.2, -0.15) is 13.2 Å².